The first-order chi connectivity index (χ1) is 12.2. The van der Waals surface area contributed by atoms with Gasteiger partial charge in [0, 0.05) is 24.3 Å². The second-order valence-corrected chi connectivity index (χ2v) is 6.39. The summed E-state index contributed by atoms with van der Waals surface area (Å²) in [5.74, 6) is 0.997. The molecule has 0 aliphatic carbocycles. The fourth-order valence-corrected chi connectivity index (χ4v) is 3.03. The summed E-state index contributed by atoms with van der Waals surface area (Å²) in [6, 6.07) is 20.9. The van der Waals surface area contributed by atoms with Crippen LogP contribution in [0, 0.1) is 0 Å². The molecule has 0 fully saturated rings. The van der Waals surface area contributed by atoms with Gasteiger partial charge in [-0.1, -0.05) is 30.3 Å². The number of furan rings is 1. The van der Waals surface area contributed by atoms with Crippen LogP contribution < -0.4 is 0 Å². The van der Waals surface area contributed by atoms with E-state index in [9.17, 15) is 0 Å². The number of fused-ring (bicyclic) bond motifs is 1. The minimum Gasteiger partial charge on any atom is -0.459 e. The molecule has 2 heterocycles. The third-order valence-electron chi connectivity index (χ3n) is 4.65. The second kappa shape index (κ2) is 6.57. The van der Waals surface area contributed by atoms with Crippen LogP contribution in [-0.4, -0.2) is 21.7 Å². The van der Waals surface area contributed by atoms with E-state index in [0.717, 1.165) is 29.0 Å². The van der Waals surface area contributed by atoms with Gasteiger partial charge in [0.15, 0.2) is 0 Å². The van der Waals surface area contributed by atoms with Crippen molar-refractivity contribution in [3.05, 3.63) is 84.4 Å². The predicted octanol–water partition coefficient (Wildman–Crippen LogP) is 4.81. The molecule has 4 heteroatoms. The van der Waals surface area contributed by atoms with Crippen molar-refractivity contribution in [3.8, 4) is 5.69 Å². The molecular formula is C21H21N3O. The van der Waals surface area contributed by atoms with Crippen LogP contribution in [0.15, 0.2) is 77.5 Å². The van der Waals surface area contributed by atoms with E-state index in [0.29, 0.717) is 0 Å². The van der Waals surface area contributed by atoms with Crippen molar-refractivity contribution in [1.82, 2.24) is 14.7 Å². The molecule has 0 radical (unpaired) electrons. The molecule has 4 rings (SSSR count). The van der Waals surface area contributed by atoms with Crippen LogP contribution in [0.2, 0.25) is 0 Å². The number of hydrogen-bond acceptors (Lipinski definition) is 3. The summed E-state index contributed by atoms with van der Waals surface area (Å²) in [6.07, 6.45) is 3.74. The number of benzene rings is 2. The zero-order valence-corrected chi connectivity index (χ0v) is 14.5. The van der Waals surface area contributed by atoms with Gasteiger partial charge in [0.2, 0.25) is 0 Å². The van der Waals surface area contributed by atoms with Crippen molar-refractivity contribution in [2.24, 2.45) is 0 Å². The lowest BCUT2D eigenvalue weighted by atomic mass is 10.1. The van der Waals surface area contributed by atoms with Gasteiger partial charge < -0.3 is 4.42 Å². The molecule has 2 aromatic carbocycles. The highest BCUT2D eigenvalue weighted by Crippen LogP contribution is 2.27. The molecule has 0 aliphatic rings. The van der Waals surface area contributed by atoms with Crippen molar-refractivity contribution in [2.75, 3.05) is 7.05 Å². The van der Waals surface area contributed by atoms with Crippen LogP contribution in [0.5, 0.6) is 0 Å². The molecule has 4 nitrogen and oxygen atoms in total. The molecular weight excluding hydrogens is 310 g/mol. The van der Waals surface area contributed by atoms with Gasteiger partial charge in [-0.15, -0.1) is 0 Å². The maximum absolute atomic E-state index is 6.00. The molecule has 0 amide bonds. The Labute approximate surface area is 147 Å². The molecule has 0 spiro atoms. The predicted molar refractivity (Wildman–Crippen MR) is 99.7 cm³/mol. The summed E-state index contributed by atoms with van der Waals surface area (Å²) in [4.78, 5) is 2.29. The molecule has 0 aliphatic heterocycles. The lowest BCUT2D eigenvalue weighted by Crippen LogP contribution is -2.21. The summed E-state index contributed by atoms with van der Waals surface area (Å²) in [5.41, 5.74) is 3.28. The molecule has 2 aromatic heterocycles. The van der Waals surface area contributed by atoms with Crippen molar-refractivity contribution >= 4 is 11.0 Å². The SMILES string of the molecule is C[C@H](c1cc2ccccc2o1)N(C)Cc1ccc(-n2cccn2)cc1. The standard InChI is InChI=1S/C21H21N3O/c1-16(21-14-18-6-3-4-7-20(18)25-21)23(2)15-17-8-10-19(11-9-17)24-13-5-12-22-24/h3-14,16H,15H2,1-2H3/t16-/m1/s1. The molecule has 4 aromatic rings. The van der Waals surface area contributed by atoms with E-state index in [1.165, 1.54) is 5.56 Å². The van der Waals surface area contributed by atoms with Crippen LogP contribution in [-0.2, 0) is 6.54 Å². The topological polar surface area (TPSA) is 34.2 Å². The Bertz CT molecular complexity index is 921. The Morgan fingerprint density at radius 1 is 1.08 bits per heavy atom. The number of rotatable bonds is 5. The average molecular weight is 331 g/mol. The van der Waals surface area contributed by atoms with Crippen LogP contribution in [0.1, 0.15) is 24.3 Å². The lowest BCUT2D eigenvalue weighted by molar-refractivity contribution is 0.226. The number of hydrogen-bond donors (Lipinski definition) is 0. The third kappa shape index (κ3) is 3.21. The Morgan fingerprint density at radius 2 is 1.88 bits per heavy atom. The average Bonchev–Trinajstić information content (AvgIpc) is 3.31. The minimum absolute atomic E-state index is 0.207. The van der Waals surface area contributed by atoms with Gasteiger partial charge in [0.05, 0.1) is 11.7 Å². The summed E-state index contributed by atoms with van der Waals surface area (Å²) < 4.78 is 7.87. The van der Waals surface area contributed by atoms with Crippen LogP contribution in [0.25, 0.3) is 16.7 Å². The Hall–Kier alpha value is -2.85. The molecule has 0 N–H and O–H groups in total. The largest absolute Gasteiger partial charge is 0.459 e. The van der Waals surface area contributed by atoms with E-state index >= 15 is 0 Å². The third-order valence-corrected chi connectivity index (χ3v) is 4.65. The first-order valence-corrected chi connectivity index (χ1v) is 8.48. The summed E-state index contributed by atoms with van der Waals surface area (Å²) in [5, 5.41) is 5.41. The maximum Gasteiger partial charge on any atom is 0.134 e. The highest BCUT2D eigenvalue weighted by Gasteiger charge is 2.16. The van der Waals surface area contributed by atoms with E-state index in [1.54, 1.807) is 6.20 Å². The highest BCUT2D eigenvalue weighted by atomic mass is 16.3. The fourth-order valence-electron chi connectivity index (χ4n) is 3.03. The molecule has 25 heavy (non-hydrogen) atoms. The van der Waals surface area contributed by atoms with Crippen LogP contribution in [0.4, 0.5) is 0 Å². The Kier molecular flexibility index (Phi) is 4.12. The summed E-state index contributed by atoms with van der Waals surface area (Å²) in [6.45, 7) is 3.04. The number of para-hydroxylation sites is 1. The monoisotopic (exact) mass is 331 g/mol. The van der Waals surface area contributed by atoms with E-state index < -0.39 is 0 Å². The van der Waals surface area contributed by atoms with Gasteiger partial charge in [0.25, 0.3) is 0 Å². The van der Waals surface area contributed by atoms with E-state index in [-0.39, 0.29) is 6.04 Å². The fraction of sp³-hybridized carbons (Fsp3) is 0.190. The van der Waals surface area contributed by atoms with E-state index in [2.05, 4.69) is 60.4 Å². The van der Waals surface area contributed by atoms with Crippen molar-refractivity contribution in [3.63, 3.8) is 0 Å². The Balaban J connectivity index is 1.48. The second-order valence-electron chi connectivity index (χ2n) is 6.39. The first-order valence-electron chi connectivity index (χ1n) is 8.48. The molecule has 0 saturated heterocycles. The highest BCUT2D eigenvalue weighted by molar-refractivity contribution is 5.77. The van der Waals surface area contributed by atoms with Gasteiger partial charge in [0.1, 0.15) is 11.3 Å². The van der Waals surface area contributed by atoms with Crippen molar-refractivity contribution in [1.29, 1.82) is 0 Å². The lowest BCUT2D eigenvalue weighted by Gasteiger charge is -2.23. The first kappa shape index (κ1) is 15.7. The minimum atomic E-state index is 0.207. The van der Waals surface area contributed by atoms with E-state index in [4.69, 9.17) is 4.42 Å². The molecule has 1 atom stereocenters. The maximum atomic E-state index is 6.00. The van der Waals surface area contributed by atoms with Gasteiger partial charge in [-0.3, -0.25) is 4.90 Å². The molecule has 126 valence electrons. The van der Waals surface area contributed by atoms with Crippen molar-refractivity contribution < 1.29 is 4.42 Å². The Morgan fingerprint density at radius 3 is 2.60 bits per heavy atom. The zero-order chi connectivity index (χ0) is 17.2. The molecule has 0 bridgehead atoms. The normalized spacial score (nSPS) is 12.8. The van der Waals surface area contributed by atoms with Crippen LogP contribution in [0.3, 0.4) is 0 Å². The quantitative estimate of drug-likeness (QED) is 0.526. The van der Waals surface area contributed by atoms with E-state index in [1.807, 2.05) is 35.1 Å². The molecule has 0 saturated carbocycles. The molecule has 0 unspecified atom stereocenters. The zero-order valence-electron chi connectivity index (χ0n) is 14.5. The summed E-state index contributed by atoms with van der Waals surface area (Å²) >= 11 is 0. The van der Waals surface area contributed by atoms with Gasteiger partial charge in [-0.05, 0) is 49.9 Å². The van der Waals surface area contributed by atoms with Gasteiger partial charge in [-0.2, -0.15) is 5.10 Å². The van der Waals surface area contributed by atoms with Gasteiger partial charge >= 0.3 is 0 Å². The van der Waals surface area contributed by atoms with Crippen LogP contribution >= 0.6 is 0 Å². The number of aromatic nitrogens is 2. The summed E-state index contributed by atoms with van der Waals surface area (Å²) in [7, 11) is 2.12. The smallest absolute Gasteiger partial charge is 0.134 e. The van der Waals surface area contributed by atoms with Gasteiger partial charge in [-0.25, -0.2) is 4.68 Å². The number of nitrogens with zero attached hydrogens (tertiary/aromatic N) is 3. The van der Waals surface area contributed by atoms with Crippen molar-refractivity contribution in [2.45, 2.75) is 19.5 Å².